The van der Waals surface area contributed by atoms with Crippen molar-refractivity contribution < 1.29 is 28.6 Å². The second-order valence-electron chi connectivity index (χ2n) is 9.40. The summed E-state index contributed by atoms with van der Waals surface area (Å²) in [5.74, 6) is 1.08. The van der Waals surface area contributed by atoms with E-state index in [0.29, 0.717) is 17.9 Å². The standard InChI is InChI=1S/C18H17FN2O2.C15H21NO3/c1-20-12-3-8-18(15(19)11-12)23-17-9-10-21-16-7-5-13(22-2)4-6-14(16)17;1-4-12(2)16(18)10-15(19-13(3)11-17)14-8-6-5-7-9-14/h3-6,8-11,20H,7H2,1-2H3;4-9,11,13,15,18H,10H2,1-3H3/b;12-4+. The summed E-state index contributed by atoms with van der Waals surface area (Å²) in [5.41, 5.74) is 4.05. The van der Waals surface area contributed by atoms with E-state index in [1.54, 1.807) is 45.5 Å². The zero-order valence-electron chi connectivity index (χ0n) is 24.6. The molecule has 2 aromatic carbocycles. The van der Waals surface area contributed by atoms with Crippen molar-refractivity contribution >= 4 is 18.0 Å². The van der Waals surface area contributed by atoms with Gasteiger partial charge in [-0.25, -0.2) is 4.39 Å². The highest BCUT2D eigenvalue weighted by atomic mass is 19.1. The van der Waals surface area contributed by atoms with E-state index in [1.807, 2.05) is 68.5 Å². The van der Waals surface area contributed by atoms with Crippen LogP contribution in [0.25, 0.3) is 6.08 Å². The largest absolute Gasteiger partial charge is 0.497 e. The third-order valence-electron chi connectivity index (χ3n) is 6.53. The van der Waals surface area contributed by atoms with Crippen molar-refractivity contribution in [3.05, 3.63) is 113 Å². The number of hydrogen-bond donors (Lipinski definition) is 2. The predicted molar refractivity (Wildman–Crippen MR) is 162 cm³/mol. The summed E-state index contributed by atoms with van der Waals surface area (Å²) in [7, 11) is 3.36. The van der Waals surface area contributed by atoms with E-state index >= 15 is 0 Å². The lowest BCUT2D eigenvalue weighted by atomic mass is 10.1. The molecule has 2 atom stereocenters. The Balaban J connectivity index is 0.000000236. The molecule has 9 heteroatoms. The number of ether oxygens (including phenoxy) is 3. The van der Waals surface area contributed by atoms with Gasteiger partial charge < -0.3 is 24.3 Å². The summed E-state index contributed by atoms with van der Waals surface area (Å²) < 4.78 is 30.8. The van der Waals surface area contributed by atoms with Crippen LogP contribution < -0.4 is 10.1 Å². The zero-order chi connectivity index (χ0) is 30.5. The Kier molecular flexibility index (Phi) is 12.3. The number of nitrogens with zero attached hydrogens (tertiary/aromatic N) is 2. The van der Waals surface area contributed by atoms with Gasteiger partial charge in [-0.05, 0) is 62.8 Å². The van der Waals surface area contributed by atoms with Gasteiger partial charge in [-0.2, -0.15) is 0 Å². The zero-order valence-corrected chi connectivity index (χ0v) is 24.6. The Morgan fingerprint density at radius 1 is 1.17 bits per heavy atom. The first-order valence-corrected chi connectivity index (χ1v) is 13.6. The first kappa shape index (κ1) is 32.0. The Bertz CT molecular complexity index is 1410. The molecule has 0 radical (unpaired) electrons. The summed E-state index contributed by atoms with van der Waals surface area (Å²) in [6, 6.07) is 16.1. The molecule has 0 fully saturated rings. The van der Waals surface area contributed by atoms with Crippen molar-refractivity contribution in [3.8, 4) is 11.5 Å². The molecule has 2 N–H and O–H groups in total. The highest BCUT2D eigenvalue weighted by molar-refractivity contribution is 5.63. The second kappa shape index (κ2) is 16.1. The van der Waals surface area contributed by atoms with Crippen LogP contribution in [0.2, 0.25) is 0 Å². The van der Waals surface area contributed by atoms with Crippen molar-refractivity contribution in [2.24, 2.45) is 0 Å². The SMILES string of the molecule is C/C=C(\C)N(O)CC(OC(C)C=O)c1ccccc1.CNc1ccc(Oc2ccnc3c2C=CC(OC)=CC3)c(F)c1. The predicted octanol–water partition coefficient (Wildman–Crippen LogP) is 7.10. The molecule has 1 aliphatic carbocycles. The molecule has 2 unspecified atom stereocenters. The minimum atomic E-state index is -0.510. The molecular formula is C33H38FN3O5. The molecule has 0 saturated heterocycles. The van der Waals surface area contributed by atoms with Crippen LogP contribution in [-0.2, 0) is 20.7 Å². The Morgan fingerprint density at radius 2 is 1.93 bits per heavy atom. The van der Waals surface area contributed by atoms with Crippen LogP contribution in [0.1, 0.15) is 43.7 Å². The molecule has 0 saturated carbocycles. The maximum absolute atomic E-state index is 14.1. The van der Waals surface area contributed by atoms with Gasteiger partial charge in [0, 0.05) is 42.7 Å². The number of rotatable bonds is 11. The minimum absolute atomic E-state index is 0.176. The van der Waals surface area contributed by atoms with Crippen molar-refractivity contribution in [2.75, 3.05) is 26.0 Å². The molecule has 8 nitrogen and oxygen atoms in total. The van der Waals surface area contributed by atoms with Crippen LogP contribution in [0.4, 0.5) is 10.1 Å². The third kappa shape index (κ3) is 9.02. The smallest absolute Gasteiger partial charge is 0.167 e. The van der Waals surface area contributed by atoms with Gasteiger partial charge in [-0.1, -0.05) is 36.4 Å². The molecule has 1 aliphatic rings. The topological polar surface area (TPSA) is 93.2 Å². The number of methoxy groups -OCH3 is 1. The molecule has 3 aromatic rings. The van der Waals surface area contributed by atoms with Crippen molar-refractivity contribution in [1.82, 2.24) is 10.0 Å². The molecule has 222 valence electrons. The molecule has 42 heavy (non-hydrogen) atoms. The van der Waals surface area contributed by atoms with E-state index in [4.69, 9.17) is 14.2 Å². The second-order valence-corrected chi connectivity index (χ2v) is 9.40. The van der Waals surface area contributed by atoms with Crippen LogP contribution in [0.3, 0.4) is 0 Å². The fourth-order valence-electron chi connectivity index (χ4n) is 4.00. The lowest BCUT2D eigenvalue weighted by molar-refractivity contribution is -0.130. The average Bonchev–Trinajstić information content (AvgIpc) is 3.24. The number of anilines is 1. The number of halogens is 1. The van der Waals surface area contributed by atoms with Gasteiger partial charge in [0.05, 0.1) is 19.3 Å². The van der Waals surface area contributed by atoms with E-state index in [0.717, 1.165) is 39.6 Å². The molecule has 4 rings (SSSR count). The summed E-state index contributed by atoms with van der Waals surface area (Å²) in [4.78, 5) is 15.1. The van der Waals surface area contributed by atoms with E-state index in [9.17, 15) is 14.4 Å². The van der Waals surface area contributed by atoms with Crippen LogP contribution in [0.5, 0.6) is 11.5 Å². The molecule has 1 heterocycles. The number of carbonyl (C=O) groups excluding carboxylic acids is 1. The van der Waals surface area contributed by atoms with Gasteiger partial charge in [0.2, 0.25) is 0 Å². The highest BCUT2D eigenvalue weighted by Gasteiger charge is 2.19. The Labute approximate surface area is 246 Å². The Hall–Kier alpha value is -4.47. The van der Waals surface area contributed by atoms with Gasteiger partial charge in [0.1, 0.15) is 30.0 Å². The van der Waals surface area contributed by atoms with E-state index in [-0.39, 0.29) is 18.4 Å². The number of fused-ring (bicyclic) bond motifs is 1. The summed E-state index contributed by atoms with van der Waals surface area (Å²) in [5, 5.41) is 14.0. The van der Waals surface area contributed by atoms with Gasteiger partial charge in [0.15, 0.2) is 11.6 Å². The Morgan fingerprint density at radius 3 is 2.57 bits per heavy atom. The number of aldehydes is 1. The minimum Gasteiger partial charge on any atom is -0.497 e. The van der Waals surface area contributed by atoms with Crippen LogP contribution in [-0.4, -0.2) is 48.3 Å². The normalized spacial score (nSPS) is 13.8. The lowest BCUT2D eigenvalue weighted by Crippen LogP contribution is -2.27. The quantitative estimate of drug-likeness (QED) is 0.185. The first-order chi connectivity index (χ1) is 20.3. The van der Waals surface area contributed by atoms with Gasteiger partial charge in [-0.3, -0.25) is 15.3 Å². The van der Waals surface area contributed by atoms with Crippen LogP contribution in [0, 0.1) is 5.82 Å². The number of hydrogen-bond acceptors (Lipinski definition) is 8. The number of aromatic nitrogens is 1. The fraction of sp³-hybridized carbons (Fsp3) is 0.273. The van der Waals surface area contributed by atoms with E-state index in [1.165, 1.54) is 6.07 Å². The number of benzene rings is 2. The lowest BCUT2D eigenvalue weighted by Gasteiger charge is -2.26. The van der Waals surface area contributed by atoms with Gasteiger partial charge in [-0.15, -0.1) is 0 Å². The first-order valence-electron chi connectivity index (χ1n) is 13.6. The monoisotopic (exact) mass is 575 g/mol. The van der Waals surface area contributed by atoms with Crippen molar-refractivity contribution in [2.45, 2.75) is 39.4 Å². The molecule has 0 spiro atoms. The molecule has 1 aromatic heterocycles. The van der Waals surface area contributed by atoms with Crippen LogP contribution >= 0.6 is 0 Å². The molecule has 0 bridgehead atoms. The number of pyridine rings is 1. The van der Waals surface area contributed by atoms with Crippen molar-refractivity contribution in [3.63, 3.8) is 0 Å². The van der Waals surface area contributed by atoms with Gasteiger partial charge >= 0.3 is 0 Å². The summed E-state index contributed by atoms with van der Waals surface area (Å²) in [6.45, 7) is 5.63. The van der Waals surface area contributed by atoms with E-state index in [2.05, 4.69) is 10.3 Å². The molecule has 0 aliphatic heterocycles. The molecule has 0 amide bonds. The third-order valence-corrected chi connectivity index (χ3v) is 6.53. The highest BCUT2D eigenvalue weighted by Crippen LogP contribution is 2.32. The number of allylic oxidation sites excluding steroid dienone is 4. The fourth-order valence-corrected chi connectivity index (χ4v) is 4.00. The maximum Gasteiger partial charge on any atom is 0.167 e. The number of hydroxylamine groups is 2. The van der Waals surface area contributed by atoms with E-state index < -0.39 is 11.9 Å². The van der Waals surface area contributed by atoms with Crippen molar-refractivity contribution in [1.29, 1.82) is 0 Å². The van der Waals surface area contributed by atoms with Gasteiger partial charge in [0.25, 0.3) is 0 Å². The summed E-state index contributed by atoms with van der Waals surface area (Å²) >= 11 is 0. The number of carbonyl (C=O) groups is 1. The average molecular weight is 576 g/mol. The maximum atomic E-state index is 14.1. The number of nitrogens with one attached hydrogen (secondary N) is 1. The van der Waals surface area contributed by atoms with Crippen LogP contribution in [0.15, 0.2) is 90.5 Å². The summed E-state index contributed by atoms with van der Waals surface area (Å²) in [6.07, 6.45) is 9.65. The molecular weight excluding hydrogens is 537 g/mol.